The van der Waals surface area contributed by atoms with Crippen molar-refractivity contribution in [3.8, 4) is 0 Å². The molecule has 1 atom stereocenters. The fraction of sp³-hybridized carbons (Fsp3) is 0.364. The molecule has 0 heterocycles. The van der Waals surface area contributed by atoms with Gasteiger partial charge in [-0.05, 0) is 47.5 Å². The maximum absolute atomic E-state index is 13.2. The second kappa shape index (κ2) is 5.30. The number of benzene rings is 1. The molecule has 0 radical (unpaired) electrons. The number of nitrogen functional groups attached to an aromatic ring is 1. The van der Waals surface area contributed by atoms with Crippen LogP contribution in [0.5, 0.6) is 0 Å². The van der Waals surface area contributed by atoms with Gasteiger partial charge in [-0.2, -0.15) is 0 Å². The first-order valence-electron chi connectivity index (χ1n) is 4.88. The monoisotopic (exact) mass is 289 g/mol. The summed E-state index contributed by atoms with van der Waals surface area (Å²) in [7, 11) is 0. The zero-order chi connectivity index (χ0) is 12.3. The second-order valence-electron chi connectivity index (χ2n) is 3.36. The van der Waals surface area contributed by atoms with E-state index in [0.717, 1.165) is 0 Å². The third kappa shape index (κ3) is 2.72. The molecule has 1 aromatic rings. The molecule has 5 heteroatoms. The van der Waals surface area contributed by atoms with Crippen LogP contribution in [-0.4, -0.2) is 12.6 Å². The fourth-order valence-electron chi connectivity index (χ4n) is 1.36. The topological polar surface area (TPSA) is 52.3 Å². The van der Waals surface area contributed by atoms with Crippen molar-refractivity contribution in [3.05, 3.63) is 28.0 Å². The molecule has 0 spiro atoms. The average Bonchev–Trinajstić information content (AvgIpc) is 2.22. The Bertz CT molecular complexity index is 409. The van der Waals surface area contributed by atoms with Crippen molar-refractivity contribution < 1.29 is 13.9 Å². The highest BCUT2D eigenvalue weighted by Crippen LogP contribution is 2.30. The summed E-state index contributed by atoms with van der Waals surface area (Å²) in [5.41, 5.74) is 6.56. The Morgan fingerprint density at radius 3 is 2.81 bits per heavy atom. The summed E-state index contributed by atoms with van der Waals surface area (Å²) in [5, 5.41) is 0. The molecule has 1 unspecified atom stereocenters. The van der Waals surface area contributed by atoms with Gasteiger partial charge in [0.1, 0.15) is 5.82 Å². The minimum atomic E-state index is -0.577. The first-order chi connectivity index (χ1) is 7.47. The lowest BCUT2D eigenvalue weighted by atomic mass is 9.99. The molecular formula is C11H13BrFNO2. The molecule has 0 saturated carbocycles. The van der Waals surface area contributed by atoms with Crippen molar-refractivity contribution in [2.45, 2.75) is 19.8 Å². The first kappa shape index (κ1) is 13.0. The summed E-state index contributed by atoms with van der Waals surface area (Å²) in [6.45, 7) is 3.64. The molecule has 1 aromatic carbocycles. The van der Waals surface area contributed by atoms with E-state index in [1.807, 2.05) is 0 Å². The largest absolute Gasteiger partial charge is 0.466 e. The van der Waals surface area contributed by atoms with Crippen LogP contribution in [0, 0.1) is 5.82 Å². The lowest BCUT2D eigenvalue weighted by molar-refractivity contribution is -0.144. The van der Waals surface area contributed by atoms with E-state index in [4.69, 9.17) is 10.5 Å². The minimum Gasteiger partial charge on any atom is -0.466 e. The SMILES string of the molecule is CCOC(=O)C(C)c1cc(F)cc(Br)c1N. The molecule has 0 amide bonds. The zero-order valence-corrected chi connectivity index (χ0v) is 10.7. The Labute approximate surface area is 102 Å². The van der Waals surface area contributed by atoms with Crippen LogP contribution in [0.15, 0.2) is 16.6 Å². The van der Waals surface area contributed by atoms with Crippen molar-refractivity contribution in [1.82, 2.24) is 0 Å². The smallest absolute Gasteiger partial charge is 0.313 e. The van der Waals surface area contributed by atoms with E-state index in [0.29, 0.717) is 22.3 Å². The molecular weight excluding hydrogens is 277 g/mol. The number of rotatable bonds is 3. The highest BCUT2D eigenvalue weighted by atomic mass is 79.9. The summed E-state index contributed by atoms with van der Waals surface area (Å²) in [6, 6.07) is 2.51. The number of carbonyl (C=O) groups excluding carboxylic acids is 1. The molecule has 2 N–H and O–H groups in total. The van der Waals surface area contributed by atoms with Crippen molar-refractivity contribution in [3.63, 3.8) is 0 Å². The summed E-state index contributed by atoms with van der Waals surface area (Å²) >= 11 is 3.14. The van der Waals surface area contributed by atoms with E-state index in [9.17, 15) is 9.18 Å². The number of hydrogen-bond donors (Lipinski definition) is 1. The van der Waals surface area contributed by atoms with Crippen molar-refractivity contribution in [2.24, 2.45) is 0 Å². The van der Waals surface area contributed by atoms with Gasteiger partial charge in [0, 0.05) is 4.47 Å². The molecule has 0 aromatic heterocycles. The molecule has 16 heavy (non-hydrogen) atoms. The third-order valence-corrected chi connectivity index (χ3v) is 2.89. The molecule has 0 fully saturated rings. The number of ether oxygens (including phenoxy) is 1. The summed E-state index contributed by atoms with van der Waals surface area (Å²) < 4.78 is 18.5. The average molecular weight is 290 g/mol. The van der Waals surface area contributed by atoms with Crippen LogP contribution in [-0.2, 0) is 9.53 Å². The number of carbonyl (C=O) groups is 1. The standard InChI is InChI=1S/C11H13BrFNO2/c1-3-16-11(15)6(2)8-4-7(13)5-9(12)10(8)14/h4-6H,3,14H2,1-2H3. The second-order valence-corrected chi connectivity index (χ2v) is 4.22. The summed E-state index contributed by atoms with van der Waals surface area (Å²) in [5.74, 6) is -1.43. The third-order valence-electron chi connectivity index (χ3n) is 2.23. The van der Waals surface area contributed by atoms with E-state index >= 15 is 0 Å². The zero-order valence-electron chi connectivity index (χ0n) is 9.09. The Kier molecular flexibility index (Phi) is 4.29. The molecule has 1 rings (SSSR count). The van der Waals surface area contributed by atoms with E-state index in [-0.39, 0.29) is 0 Å². The van der Waals surface area contributed by atoms with Gasteiger partial charge in [-0.1, -0.05) is 0 Å². The van der Waals surface area contributed by atoms with Crippen LogP contribution < -0.4 is 5.73 Å². The Morgan fingerprint density at radius 1 is 1.62 bits per heavy atom. The highest BCUT2D eigenvalue weighted by molar-refractivity contribution is 9.10. The van der Waals surface area contributed by atoms with Gasteiger partial charge in [-0.25, -0.2) is 4.39 Å². The predicted octanol–water partition coefficient (Wildman–Crippen LogP) is 2.84. The van der Waals surface area contributed by atoms with Gasteiger partial charge in [0.15, 0.2) is 0 Å². The fourth-order valence-corrected chi connectivity index (χ4v) is 1.80. The highest BCUT2D eigenvalue weighted by Gasteiger charge is 2.20. The van der Waals surface area contributed by atoms with Gasteiger partial charge in [-0.3, -0.25) is 4.79 Å². The molecule has 0 saturated heterocycles. The predicted molar refractivity (Wildman–Crippen MR) is 63.6 cm³/mol. The molecule has 0 aliphatic rings. The van der Waals surface area contributed by atoms with Crippen LogP contribution in [0.1, 0.15) is 25.3 Å². The first-order valence-corrected chi connectivity index (χ1v) is 5.67. The van der Waals surface area contributed by atoms with Crippen LogP contribution in [0.3, 0.4) is 0 Å². The Morgan fingerprint density at radius 2 is 2.25 bits per heavy atom. The van der Waals surface area contributed by atoms with E-state index in [2.05, 4.69) is 15.9 Å². The molecule has 0 aliphatic carbocycles. The van der Waals surface area contributed by atoms with Crippen LogP contribution in [0.4, 0.5) is 10.1 Å². The van der Waals surface area contributed by atoms with Gasteiger partial charge >= 0.3 is 5.97 Å². The van der Waals surface area contributed by atoms with Gasteiger partial charge in [-0.15, -0.1) is 0 Å². The number of nitrogens with two attached hydrogens (primary N) is 1. The van der Waals surface area contributed by atoms with Gasteiger partial charge in [0.25, 0.3) is 0 Å². The maximum atomic E-state index is 13.2. The Balaban J connectivity index is 3.08. The minimum absolute atomic E-state index is 0.291. The Hall–Kier alpha value is -1.10. The molecule has 88 valence electrons. The van der Waals surface area contributed by atoms with E-state index in [1.165, 1.54) is 12.1 Å². The maximum Gasteiger partial charge on any atom is 0.313 e. The van der Waals surface area contributed by atoms with Gasteiger partial charge in [0.05, 0.1) is 18.2 Å². The van der Waals surface area contributed by atoms with Crippen LogP contribution in [0.2, 0.25) is 0 Å². The van der Waals surface area contributed by atoms with Crippen molar-refractivity contribution in [1.29, 1.82) is 0 Å². The van der Waals surface area contributed by atoms with Crippen LogP contribution in [0.25, 0.3) is 0 Å². The molecule has 0 bridgehead atoms. The number of halogens is 2. The summed E-state index contributed by atoms with van der Waals surface area (Å²) in [4.78, 5) is 11.5. The van der Waals surface area contributed by atoms with Gasteiger partial charge < -0.3 is 10.5 Å². The quantitative estimate of drug-likeness (QED) is 0.688. The van der Waals surface area contributed by atoms with Gasteiger partial charge in [0.2, 0.25) is 0 Å². The normalized spacial score (nSPS) is 12.2. The van der Waals surface area contributed by atoms with Crippen LogP contribution >= 0.6 is 15.9 Å². The molecule has 0 aliphatic heterocycles. The van der Waals surface area contributed by atoms with E-state index < -0.39 is 17.7 Å². The van der Waals surface area contributed by atoms with Crippen molar-refractivity contribution in [2.75, 3.05) is 12.3 Å². The van der Waals surface area contributed by atoms with E-state index in [1.54, 1.807) is 13.8 Å². The summed E-state index contributed by atoms with van der Waals surface area (Å²) in [6.07, 6.45) is 0. The number of hydrogen-bond acceptors (Lipinski definition) is 3. The number of anilines is 1. The lowest BCUT2D eigenvalue weighted by Gasteiger charge is -2.14. The molecule has 3 nitrogen and oxygen atoms in total. The lowest BCUT2D eigenvalue weighted by Crippen LogP contribution is -2.15. The number of esters is 1. The van der Waals surface area contributed by atoms with Crippen molar-refractivity contribution >= 4 is 27.6 Å².